The van der Waals surface area contributed by atoms with Crippen molar-refractivity contribution in [2.75, 3.05) is 24.5 Å². The molecule has 1 unspecified atom stereocenters. The Bertz CT molecular complexity index is 410. The van der Waals surface area contributed by atoms with Crippen LogP contribution in [-0.4, -0.2) is 31.6 Å². The molecule has 2 rings (SSSR count). The van der Waals surface area contributed by atoms with Crippen LogP contribution in [0.15, 0.2) is 24.3 Å². The Hall–Kier alpha value is -1.26. The summed E-state index contributed by atoms with van der Waals surface area (Å²) in [7, 11) is 0. The van der Waals surface area contributed by atoms with Crippen LogP contribution < -0.4 is 16.0 Å². The van der Waals surface area contributed by atoms with Crippen molar-refractivity contribution in [3.8, 4) is 0 Å². The van der Waals surface area contributed by atoms with E-state index in [1.165, 1.54) is 0 Å². The number of rotatable bonds is 2. The zero-order valence-corrected chi connectivity index (χ0v) is 10.3. The van der Waals surface area contributed by atoms with Crippen molar-refractivity contribution in [3.63, 3.8) is 0 Å². The Labute approximate surface area is 106 Å². The first-order chi connectivity index (χ1) is 8.24. The van der Waals surface area contributed by atoms with Gasteiger partial charge >= 0.3 is 0 Å². The molecule has 4 nitrogen and oxygen atoms in total. The van der Waals surface area contributed by atoms with Crippen LogP contribution in [0, 0.1) is 0 Å². The second kappa shape index (κ2) is 5.38. The van der Waals surface area contributed by atoms with E-state index in [9.17, 15) is 4.79 Å². The van der Waals surface area contributed by atoms with Gasteiger partial charge in [0.15, 0.2) is 0 Å². The fraction of sp³-hybridized carbons (Fsp3) is 0.417. The highest BCUT2D eigenvalue weighted by Crippen LogP contribution is 2.27. The van der Waals surface area contributed by atoms with Crippen molar-refractivity contribution in [1.29, 1.82) is 0 Å². The molecule has 1 aliphatic rings. The summed E-state index contributed by atoms with van der Waals surface area (Å²) in [6.45, 7) is 1.76. The Kier molecular flexibility index (Phi) is 3.86. The van der Waals surface area contributed by atoms with Crippen molar-refractivity contribution in [3.05, 3.63) is 29.3 Å². The van der Waals surface area contributed by atoms with Gasteiger partial charge in [-0.3, -0.25) is 4.79 Å². The fourth-order valence-corrected chi connectivity index (χ4v) is 2.33. The second-order valence-electron chi connectivity index (χ2n) is 4.04. The highest BCUT2D eigenvalue weighted by Gasteiger charge is 2.27. The molecule has 1 aliphatic heterocycles. The number of benzene rings is 1. The van der Waals surface area contributed by atoms with E-state index in [-0.39, 0.29) is 18.5 Å². The molecule has 92 valence electrons. The number of halogens is 1. The van der Waals surface area contributed by atoms with Crippen LogP contribution in [0.25, 0.3) is 0 Å². The number of hydrogen-bond donors (Lipinski definition) is 2. The third-order valence-corrected chi connectivity index (χ3v) is 3.26. The topological polar surface area (TPSA) is 58.4 Å². The summed E-state index contributed by atoms with van der Waals surface area (Å²) < 4.78 is 0. The largest absolute Gasteiger partial charge is 0.357 e. The number of carbonyl (C=O) groups excluding carboxylic acids is 1. The molecule has 3 N–H and O–H groups in total. The molecule has 1 heterocycles. The summed E-state index contributed by atoms with van der Waals surface area (Å²) in [5, 5.41) is 3.51. The van der Waals surface area contributed by atoms with Crippen molar-refractivity contribution in [2.24, 2.45) is 5.73 Å². The highest BCUT2D eigenvalue weighted by atomic mass is 35.5. The molecule has 1 saturated heterocycles. The summed E-state index contributed by atoms with van der Waals surface area (Å²) in [6.07, 6.45) is 0.896. The number of nitrogens with two attached hydrogens (primary N) is 1. The van der Waals surface area contributed by atoms with Gasteiger partial charge in [0, 0.05) is 19.6 Å². The van der Waals surface area contributed by atoms with Gasteiger partial charge in [0.2, 0.25) is 5.91 Å². The Morgan fingerprint density at radius 3 is 2.94 bits per heavy atom. The molecule has 1 fully saturated rings. The molecule has 0 aliphatic carbocycles. The van der Waals surface area contributed by atoms with Crippen molar-refractivity contribution < 1.29 is 4.79 Å². The molecular formula is C12H16ClN3O. The molecule has 1 atom stereocenters. The fourth-order valence-electron chi connectivity index (χ4n) is 2.08. The van der Waals surface area contributed by atoms with Gasteiger partial charge in [0.05, 0.1) is 10.7 Å². The molecule has 0 bridgehead atoms. The number of anilines is 1. The van der Waals surface area contributed by atoms with Crippen molar-refractivity contribution in [2.45, 2.75) is 12.5 Å². The van der Waals surface area contributed by atoms with Crippen LogP contribution >= 0.6 is 11.6 Å². The lowest BCUT2D eigenvalue weighted by Crippen LogP contribution is -2.49. The van der Waals surface area contributed by atoms with Gasteiger partial charge in [-0.25, -0.2) is 0 Å². The lowest BCUT2D eigenvalue weighted by Gasteiger charge is -2.30. The zero-order chi connectivity index (χ0) is 12.3. The molecule has 0 radical (unpaired) electrons. The quantitative estimate of drug-likeness (QED) is 0.827. The van der Waals surface area contributed by atoms with E-state index in [0.717, 1.165) is 18.7 Å². The predicted octanol–water partition coefficient (Wildman–Crippen LogP) is 0.994. The lowest BCUT2D eigenvalue weighted by molar-refractivity contribution is -0.121. The first kappa shape index (κ1) is 12.2. The van der Waals surface area contributed by atoms with Crippen LogP contribution in [0.3, 0.4) is 0 Å². The maximum Gasteiger partial charge on any atom is 0.244 e. The van der Waals surface area contributed by atoms with Gasteiger partial charge < -0.3 is 16.0 Å². The summed E-state index contributed by atoms with van der Waals surface area (Å²) in [5.74, 6) is -0.0232. The molecule has 0 spiro atoms. The first-order valence-electron chi connectivity index (χ1n) is 5.73. The SMILES string of the molecule is NCC1C(=O)NCCCN1c1ccccc1Cl. The van der Waals surface area contributed by atoms with Crippen molar-refractivity contribution in [1.82, 2.24) is 5.32 Å². The maximum atomic E-state index is 11.9. The molecule has 1 aromatic rings. The van der Waals surface area contributed by atoms with Crippen LogP contribution in [0.5, 0.6) is 0 Å². The molecule has 0 saturated carbocycles. The Morgan fingerprint density at radius 1 is 1.47 bits per heavy atom. The Morgan fingerprint density at radius 2 is 2.24 bits per heavy atom. The van der Waals surface area contributed by atoms with Gasteiger partial charge in [0.25, 0.3) is 0 Å². The number of para-hydroxylation sites is 1. The maximum absolute atomic E-state index is 11.9. The Balaban J connectivity index is 2.34. The molecular weight excluding hydrogens is 238 g/mol. The van der Waals surface area contributed by atoms with E-state index in [4.69, 9.17) is 17.3 Å². The summed E-state index contributed by atoms with van der Waals surface area (Å²) in [5.41, 5.74) is 6.57. The number of nitrogens with one attached hydrogen (secondary N) is 1. The van der Waals surface area contributed by atoms with E-state index in [1.807, 2.05) is 29.2 Å². The van der Waals surface area contributed by atoms with E-state index < -0.39 is 0 Å². The number of carbonyl (C=O) groups is 1. The minimum atomic E-state index is -0.336. The number of amides is 1. The third kappa shape index (κ3) is 2.53. The lowest BCUT2D eigenvalue weighted by atomic mass is 10.2. The van der Waals surface area contributed by atoms with E-state index in [0.29, 0.717) is 11.6 Å². The molecule has 1 amide bonds. The van der Waals surface area contributed by atoms with E-state index in [2.05, 4.69) is 5.32 Å². The van der Waals surface area contributed by atoms with Gasteiger partial charge in [0.1, 0.15) is 6.04 Å². The second-order valence-corrected chi connectivity index (χ2v) is 4.45. The summed E-state index contributed by atoms with van der Waals surface area (Å²) in [6, 6.07) is 7.20. The van der Waals surface area contributed by atoms with E-state index in [1.54, 1.807) is 0 Å². The summed E-state index contributed by atoms with van der Waals surface area (Å²) in [4.78, 5) is 13.9. The minimum absolute atomic E-state index is 0.0232. The molecule has 1 aromatic carbocycles. The standard InChI is InChI=1S/C12H16ClN3O/c13-9-4-1-2-5-10(9)16-7-3-6-15-12(17)11(16)8-14/h1-2,4-5,11H,3,6-8,14H2,(H,15,17). The van der Waals surface area contributed by atoms with Crippen molar-refractivity contribution >= 4 is 23.2 Å². The smallest absolute Gasteiger partial charge is 0.244 e. The molecule has 5 heteroatoms. The minimum Gasteiger partial charge on any atom is -0.357 e. The zero-order valence-electron chi connectivity index (χ0n) is 9.53. The highest BCUT2D eigenvalue weighted by molar-refractivity contribution is 6.33. The number of hydrogen-bond acceptors (Lipinski definition) is 3. The molecule has 0 aromatic heterocycles. The van der Waals surface area contributed by atoms with Crippen LogP contribution in [0.4, 0.5) is 5.69 Å². The normalized spacial score (nSPS) is 20.9. The molecule has 17 heavy (non-hydrogen) atoms. The predicted molar refractivity (Wildman–Crippen MR) is 69.3 cm³/mol. The van der Waals surface area contributed by atoms with Gasteiger partial charge in [-0.15, -0.1) is 0 Å². The van der Waals surface area contributed by atoms with Crippen LogP contribution in [0.2, 0.25) is 5.02 Å². The average molecular weight is 254 g/mol. The third-order valence-electron chi connectivity index (χ3n) is 2.94. The average Bonchev–Trinajstić information content (AvgIpc) is 2.51. The number of nitrogens with zero attached hydrogens (tertiary/aromatic N) is 1. The first-order valence-corrected chi connectivity index (χ1v) is 6.11. The van der Waals surface area contributed by atoms with Gasteiger partial charge in [-0.05, 0) is 18.6 Å². The monoisotopic (exact) mass is 253 g/mol. The van der Waals surface area contributed by atoms with Gasteiger partial charge in [-0.2, -0.15) is 0 Å². The summed E-state index contributed by atoms with van der Waals surface area (Å²) >= 11 is 6.17. The van der Waals surface area contributed by atoms with Gasteiger partial charge in [-0.1, -0.05) is 23.7 Å². The van der Waals surface area contributed by atoms with Crippen LogP contribution in [-0.2, 0) is 4.79 Å². The van der Waals surface area contributed by atoms with E-state index >= 15 is 0 Å². The van der Waals surface area contributed by atoms with Crippen LogP contribution in [0.1, 0.15) is 6.42 Å².